The lowest BCUT2D eigenvalue weighted by molar-refractivity contribution is 0.0773. The second-order valence-corrected chi connectivity index (χ2v) is 4.50. The van der Waals surface area contributed by atoms with Gasteiger partial charge in [-0.1, -0.05) is 11.2 Å². The molecule has 3 rings (SSSR count). The molecule has 0 aliphatic carbocycles. The number of hydrogen-bond acceptors (Lipinski definition) is 5. The van der Waals surface area contributed by atoms with Crippen molar-refractivity contribution in [2.45, 2.75) is 18.8 Å². The molecule has 18 heavy (non-hydrogen) atoms. The highest BCUT2D eigenvalue weighted by Crippen LogP contribution is 2.26. The highest BCUT2D eigenvalue weighted by Gasteiger charge is 2.21. The van der Waals surface area contributed by atoms with Crippen LogP contribution in [0.5, 0.6) is 0 Å². The summed E-state index contributed by atoms with van der Waals surface area (Å²) in [6, 6.07) is 7.44. The van der Waals surface area contributed by atoms with Crippen LogP contribution in [0.2, 0.25) is 0 Å². The van der Waals surface area contributed by atoms with Crippen LogP contribution in [0.25, 0.3) is 11.5 Å². The maximum absolute atomic E-state index is 5.74. The Hall–Kier alpha value is -1.88. The van der Waals surface area contributed by atoms with Gasteiger partial charge in [0.25, 0.3) is 5.89 Å². The van der Waals surface area contributed by atoms with Crippen molar-refractivity contribution in [1.29, 1.82) is 0 Å². The maximum Gasteiger partial charge on any atom is 0.258 e. The van der Waals surface area contributed by atoms with E-state index in [4.69, 9.17) is 15.0 Å². The molecule has 1 aromatic carbocycles. The Kier molecular flexibility index (Phi) is 2.98. The van der Waals surface area contributed by atoms with Crippen molar-refractivity contribution in [3.63, 3.8) is 0 Å². The largest absolute Gasteiger partial charge is 0.399 e. The topological polar surface area (TPSA) is 74.2 Å². The first kappa shape index (κ1) is 11.2. The lowest BCUT2D eigenvalue weighted by atomic mass is 10.0. The Balaban J connectivity index is 1.84. The molecule has 2 heterocycles. The van der Waals surface area contributed by atoms with Gasteiger partial charge in [0.15, 0.2) is 5.82 Å². The number of nitrogens with two attached hydrogens (primary N) is 1. The van der Waals surface area contributed by atoms with Crippen LogP contribution >= 0.6 is 0 Å². The van der Waals surface area contributed by atoms with E-state index in [9.17, 15) is 0 Å². The quantitative estimate of drug-likeness (QED) is 0.821. The van der Waals surface area contributed by atoms with Crippen LogP contribution < -0.4 is 5.73 Å². The van der Waals surface area contributed by atoms with Gasteiger partial charge in [-0.15, -0.1) is 0 Å². The van der Waals surface area contributed by atoms with Crippen LogP contribution in [0, 0.1) is 0 Å². The molecule has 2 N–H and O–H groups in total. The molecule has 1 aliphatic heterocycles. The average molecular weight is 245 g/mol. The summed E-state index contributed by atoms with van der Waals surface area (Å²) in [5.41, 5.74) is 7.28. The van der Waals surface area contributed by atoms with Crippen molar-refractivity contribution in [3.05, 3.63) is 30.1 Å². The minimum absolute atomic E-state index is 0.248. The Morgan fingerprint density at radius 3 is 3.06 bits per heavy atom. The summed E-state index contributed by atoms with van der Waals surface area (Å²) in [6.07, 6.45) is 2.10. The molecule has 1 unspecified atom stereocenters. The van der Waals surface area contributed by atoms with Crippen molar-refractivity contribution in [2.75, 3.05) is 18.9 Å². The van der Waals surface area contributed by atoms with E-state index in [1.165, 1.54) is 0 Å². The molecule has 2 aromatic rings. The Morgan fingerprint density at radius 2 is 2.28 bits per heavy atom. The fourth-order valence-electron chi connectivity index (χ4n) is 2.13. The average Bonchev–Trinajstić information content (AvgIpc) is 2.89. The van der Waals surface area contributed by atoms with Crippen LogP contribution in [-0.4, -0.2) is 23.4 Å². The zero-order valence-corrected chi connectivity index (χ0v) is 10.0. The molecule has 1 fully saturated rings. The van der Waals surface area contributed by atoms with Gasteiger partial charge >= 0.3 is 0 Å². The number of hydrogen-bond donors (Lipinski definition) is 1. The molecular weight excluding hydrogens is 230 g/mol. The molecule has 1 atom stereocenters. The van der Waals surface area contributed by atoms with Crippen molar-refractivity contribution in [3.8, 4) is 11.5 Å². The smallest absolute Gasteiger partial charge is 0.258 e. The third kappa shape index (κ3) is 2.22. The zero-order valence-electron chi connectivity index (χ0n) is 10.0. The summed E-state index contributed by atoms with van der Waals surface area (Å²) in [7, 11) is 0. The van der Waals surface area contributed by atoms with E-state index in [-0.39, 0.29) is 5.92 Å². The summed E-state index contributed by atoms with van der Waals surface area (Å²) < 4.78 is 10.7. The summed E-state index contributed by atoms with van der Waals surface area (Å²) >= 11 is 0. The van der Waals surface area contributed by atoms with Gasteiger partial charge in [-0.05, 0) is 31.0 Å². The Morgan fingerprint density at radius 1 is 1.33 bits per heavy atom. The first-order chi connectivity index (χ1) is 8.83. The first-order valence-corrected chi connectivity index (χ1v) is 6.10. The van der Waals surface area contributed by atoms with Gasteiger partial charge in [-0.2, -0.15) is 4.98 Å². The standard InChI is InChI=1S/C13H15N3O2/c14-11-5-1-3-9(7-11)13-15-12(16-18-13)10-4-2-6-17-8-10/h1,3,5,7,10H,2,4,6,8,14H2. The van der Waals surface area contributed by atoms with Crippen LogP contribution in [-0.2, 0) is 4.74 Å². The predicted octanol–water partition coefficient (Wildman–Crippen LogP) is 2.21. The Labute approximate surface area is 105 Å². The second-order valence-electron chi connectivity index (χ2n) is 4.50. The first-order valence-electron chi connectivity index (χ1n) is 6.10. The molecule has 1 aromatic heterocycles. The zero-order chi connectivity index (χ0) is 12.4. The Bertz CT molecular complexity index is 533. The van der Waals surface area contributed by atoms with E-state index in [0.717, 1.165) is 30.8 Å². The molecule has 5 heteroatoms. The number of nitrogens with zero attached hydrogens (tertiary/aromatic N) is 2. The number of anilines is 1. The summed E-state index contributed by atoms with van der Waals surface area (Å²) in [4.78, 5) is 4.43. The number of ether oxygens (including phenoxy) is 1. The molecule has 94 valence electrons. The van der Waals surface area contributed by atoms with Gasteiger partial charge in [-0.25, -0.2) is 0 Å². The molecule has 0 saturated carbocycles. The molecule has 1 aliphatic rings. The number of aromatic nitrogens is 2. The third-order valence-corrected chi connectivity index (χ3v) is 3.10. The number of benzene rings is 1. The maximum atomic E-state index is 5.74. The van der Waals surface area contributed by atoms with E-state index in [0.29, 0.717) is 18.2 Å². The normalized spacial score (nSPS) is 19.9. The predicted molar refractivity (Wildman–Crippen MR) is 66.9 cm³/mol. The molecule has 0 spiro atoms. The summed E-state index contributed by atoms with van der Waals surface area (Å²) in [5, 5.41) is 4.04. The van der Waals surface area contributed by atoms with E-state index in [1.807, 2.05) is 24.3 Å². The molecule has 5 nitrogen and oxygen atoms in total. The van der Waals surface area contributed by atoms with E-state index < -0.39 is 0 Å². The molecular formula is C13H15N3O2. The highest BCUT2D eigenvalue weighted by molar-refractivity contribution is 5.59. The summed E-state index contributed by atoms with van der Waals surface area (Å²) in [5.74, 6) is 1.49. The molecule has 1 saturated heterocycles. The fraction of sp³-hybridized carbons (Fsp3) is 0.385. The van der Waals surface area contributed by atoms with Gasteiger partial charge in [0.1, 0.15) is 0 Å². The van der Waals surface area contributed by atoms with E-state index in [2.05, 4.69) is 10.1 Å². The van der Waals surface area contributed by atoms with Gasteiger partial charge in [-0.3, -0.25) is 0 Å². The van der Waals surface area contributed by atoms with Crippen LogP contribution in [0.4, 0.5) is 5.69 Å². The number of rotatable bonds is 2. The molecule has 0 radical (unpaired) electrons. The molecule has 0 bridgehead atoms. The highest BCUT2D eigenvalue weighted by atomic mass is 16.5. The van der Waals surface area contributed by atoms with Gasteiger partial charge < -0.3 is 15.0 Å². The van der Waals surface area contributed by atoms with Crippen molar-refractivity contribution >= 4 is 5.69 Å². The second kappa shape index (κ2) is 4.78. The van der Waals surface area contributed by atoms with E-state index in [1.54, 1.807) is 0 Å². The van der Waals surface area contributed by atoms with Crippen LogP contribution in [0.1, 0.15) is 24.6 Å². The van der Waals surface area contributed by atoms with Gasteiger partial charge in [0, 0.05) is 23.8 Å². The molecule has 0 amide bonds. The SMILES string of the molecule is Nc1cccc(-c2nc(C3CCCOC3)no2)c1. The van der Waals surface area contributed by atoms with Crippen molar-refractivity contribution < 1.29 is 9.26 Å². The summed E-state index contributed by atoms with van der Waals surface area (Å²) in [6.45, 7) is 1.51. The van der Waals surface area contributed by atoms with E-state index >= 15 is 0 Å². The lowest BCUT2D eigenvalue weighted by Crippen LogP contribution is -2.16. The van der Waals surface area contributed by atoms with Crippen molar-refractivity contribution in [1.82, 2.24) is 10.1 Å². The monoisotopic (exact) mass is 245 g/mol. The van der Waals surface area contributed by atoms with Crippen LogP contribution in [0.15, 0.2) is 28.8 Å². The lowest BCUT2D eigenvalue weighted by Gasteiger charge is -2.18. The third-order valence-electron chi connectivity index (χ3n) is 3.10. The minimum Gasteiger partial charge on any atom is -0.399 e. The fourth-order valence-corrected chi connectivity index (χ4v) is 2.13. The van der Waals surface area contributed by atoms with Crippen molar-refractivity contribution in [2.24, 2.45) is 0 Å². The minimum atomic E-state index is 0.248. The number of nitrogen functional groups attached to an aromatic ring is 1. The van der Waals surface area contributed by atoms with Crippen LogP contribution in [0.3, 0.4) is 0 Å². The van der Waals surface area contributed by atoms with Gasteiger partial charge in [0.2, 0.25) is 0 Å². The van der Waals surface area contributed by atoms with Gasteiger partial charge in [0.05, 0.1) is 6.61 Å².